The number of rotatable bonds is 2. The number of benzene rings is 1. The third-order valence-electron chi connectivity index (χ3n) is 2.39. The summed E-state index contributed by atoms with van der Waals surface area (Å²) in [4.78, 5) is 23.9. The highest BCUT2D eigenvalue weighted by atomic mass is 16.2. The van der Waals surface area contributed by atoms with Gasteiger partial charge in [0.05, 0.1) is 12.1 Å². The molecule has 0 aromatic heterocycles. The van der Waals surface area contributed by atoms with Crippen molar-refractivity contribution in [2.75, 3.05) is 12.3 Å². The molecule has 15 heavy (non-hydrogen) atoms. The van der Waals surface area contributed by atoms with Crippen LogP contribution in [0.5, 0.6) is 0 Å². The van der Waals surface area contributed by atoms with Gasteiger partial charge in [-0.15, -0.1) is 0 Å². The van der Waals surface area contributed by atoms with E-state index in [1.54, 1.807) is 12.1 Å². The fraction of sp³-hybridized carbons (Fsp3) is 0.200. The average molecular weight is 205 g/mol. The predicted molar refractivity (Wildman–Crippen MR) is 54.8 cm³/mol. The van der Waals surface area contributed by atoms with Gasteiger partial charge in [-0.25, -0.2) is 0 Å². The van der Waals surface area contributed by atoms with Crippen molar-refractivity contribution in [1.29, 1.82) is 0 Å². The average Bonchev–Trinajstić information content (AvgIpc) is 2.44. The van der Waals surface area contributed by atoms with Crippen LogP contribution >= 0.6 is 0 Å². The Bertz CT molecular complexity index is 442. The third kappa shape index (κ3) is 1.52. The molecule has 0 saturated heterocycles. The van der Waals surface area contributed by atoms with Crippen LogP contribution in [0.3, 0.4) is 0 Å². The Kier molecular flexibility index (Phi) is 2.07. The van der Waals surface area contributed by atoms with E-state index in [1.807, 2.05) is 6.07 Å². The Hall–Kier alpha value is -2.04. The molecule has 5 nitrogen and oxygen atoms in total. The Morgan fingerprint density at radius 1 is 1.47 bits per heavy atom. The molecule has 0 bridgehead atoms. The number of fused-ring (bicyclic) bond motifs is 1. The first-order chi connectivity index (χ1) is 7.09. The van der Waals surface area contributed by atoms with E-state index in [2.05, 4.69) is 0 Å². The molecule has 1 heterocycles. The summed E-state index contributed by atoms with van der Waals surface area (Å²) in [5, 5.41) is 0. The highest BCUT2D eigenvalue weighted by Crippen LogP contribution is 2.26. The summed E-state index contributed by atoms with van der Waals surface area (Å²) in [5.41, 5.74) is 12.5. The summed E-state index contributed by atoms with van der Waals surface area (Å²) in [6.45, 7) is 0.342. The van der Waals surface area contributed by atoms with Crippen molar-refractivity contribution in [1.82, 2.24) is 4.90 Å². The minimum Gasteiger partial charge on any atom is -0.398 e. The van der Waals surface area contributed by atoms with Crippen LogP contribution in [0.4, 0.5) is 5.69 Å². The zero-order valence-electron chi connectivity index (χ0n) is 8.06. The van der Waals surface area contributed by atoms with Gasteiger partial charge in [-0.05, 0) is 11.6 Å². The number of carbonyl (C=O) groups excluding carboxylic acids is 2. The summed E-state index contributed by atoms with van der Waals surface area (Å²) in [6.07, 6.45) is 0. The second-order valence-corrected chi connectivity index (χ2v) is 3.51. The van der Waals surface area contributed by atoms with Crippen LogP contribution in [0.2, 0.25) is 0 Å². The number of anilines is 1. The maximum Gasteiger partial charge on any atom is 0.257 e. The molecule has 0 aliphatic carbocycles. The molecule has 0 spiro atoms. The van der Waals surface area contributed by atoms with Crippen LogP contribution in [0.25, 0.3) is 0 Å². The van der Waals surface area contributed by atoms with E-state index in [0.717, 1.165) is 5.56 Å². The van der Waals surface area contributed by atoms with Gasteiger partial charge in [0.2, 0.25) is 5.91 Å². The zero-order valence-corrected chi connectivity index (χ0v) is 8.06. The van der Waals surface area contributed by atoms with Gasteiger partial charge in [0, 0.05) is 12.2 Å². The predicted octanol–water partition coefficient (Wildman–Crippen LogP) is -0.290. The van der Waals surface area contributed by atoms with Crippen LogP contribution in [-0.2, 0) is 11.3 Å². The summed E-state index contributed by atoms with van der Waals surface area (Å²) in [5.74, 6) is -0.739. The second kappa shape index (κ2) is 3.27. The molecule has 0 unspecified atom stereocenters. The molecule has 1 aromatic carbocycles. The Morgan fingerprint density at radius 3 is 2.80 bits per heavy atom. The van der Waals surface area contributed by atoms with Gasteiger partial charge in [-0.1, -0.05) is 12.1 Å². The number of hydrogen-bond donors (Lipinski definition) is 2. The van der Waals surface area contributed by atoms with Crippen molar-refractivity contribution in [2.45, 2.75) is 6.54 Å². The lowest BCUT2D eigenvalue weighted by atomic mass is 10.1. The molecule has 1 aliphatic rings. The highest BCUT2D eigenvalue weighted by Gasteiger charge is 2.29. The number of hydrogen-bond acceptors (Lipinski definition) is 3. The number of nitrogens with two attached hydrogens (primary N) is 2. The maximum absolute atomic E-state index is 11.8. The standard InChI is InChI=1S/C10H11N3O2/c11-7-3-1-2-6-4-13(5-8(12)14)10(15)9(6)7/h1-3H,4-5,11H2,(H2,12,14). The number of amides is 2. The van der Waals surface area contributed by atoms with Gasteiger partial charge in [0.15, 0.2) is 0 Å². The topological polar surface area (TPSA) is 89.4 Å². The van der Waals surface area contributed by atoms with Crippen LogP contribution in [-0.4, -0.2) is 23.3 Å². The van der Waals surface area contributed by atoms with Crippen LogP contribution in [0.1, 0.15) is 15.9 Å². The minimum atomic E-state index is -0.519. The molecule has 2 amide bonds. The van der Waals surface area contributed by atoms with Crippen molar-refractivity contribution >= 4 is 17.5 Å². The molecule has 4 N–H and O–H groups in total. The Balaban J connectivity index is 2.34. The van der Waals surface area contributed by atoms with Gasteiger partial charge in [-0.2, -0.15) is 0 Å². The fourth-order valence-corrected chi connectivity index (χ4v) is 1.76. The van der Waals surface area contributed by atoms with Crippen molar-refractivity contribution < 1.29 is 9.59 Å². The van der Waals surface area contributed by atoms with Gasteiger partial charge >= 0.3 is 0 Å². The molecular weight excluding hydrogens is 194 g/mol. The van der Waals surface area contributed by atoms with E-state index in [0.29, 0.717) is 17.8 Å². The number of carbonyl (C=O) groups is 2. The van der Waals surface area contributed by atoms with Gasteiger partial charge in [-0.3, -0.25) is 9.59 Å². The molecule has 0 saturated carbocycles. The maximum atomic E-state index is 11.8. The quantitative estimate of drug-likeness (QED) is 0.650. The van der Waals surface area contributed by atoms with Gasteiger partial charge < -0.3 is 16.4 Å². The molecule has 0 fully saturated rings. The fourth-order valence-electron chi connectivity index (χ4n) is 1.76. The SMILES string of the molecule is NC(=O)CN1Cc2cccc(N)c2C1=O. The summed E-state index contributed by atoms with van der Waals surface area (Å²) >= 11 is 0. The minimum absolute atomic E-state index is 0.0625. The summed E-state index contributed by atoms with van der Waals surface area (Å²) in [6, 6.07) is 5.28. The molecule has 5 heteroatoms. The van der Waals surface area contributed by atoms with E-state index in [9.17, 15) is 9.59 Å². The summed E-state index contributed by atoms with van der Waals surface area (Å²) < 4.78 is 0. The number of nitrogens with zero attached hydrogens (tertiary/aromatic N) is 1. The van der Waals surface area contributed by atoms with Crippen molar-refractivity contribution in [2.24, 2.45) is 5.73 Å². The van der Waals surface area contributed by atoms with Gasteiger partial charge in [0.1, 0.15) is 0 Å². The third-order valence-corrected chi connectivity index (χ3v) is 2.39. The van der Waals surface area contributed by atoms with Crippen LogP contribution in [0.15, 0.2) is 18.2 Å². The smallest absolute Gasteiger partial charge is 0.257 e. The van der Waals surface area contributed by atoms with E-state index in [4.69, 9.17) is 11.5 Å². The Labute approximate surface area is 86.6 Å². The first-order valence-electron chi connectivity index (χ1n) is 4.54. The lowest BCUT2D eigenvalue weighted by Gasteiger charge is -2.12. The number of nitrogen functional groups attached to an aromatic ring is 1. The van der Waals surface area contributed by atoms with Crippen LogP contribution in [0, 0.1) is 0 Å². The molecular formula is C10H11N3O2. The lowest BCUT2D eigenvalue weighted by Crippen LogP contribution is -2.33. The highest BCUT2D eigenvalue weighted by molar-refractivity contribution is 6.04. The Morgan fingerprint density at radius 2 is 2.20 bits per heavy atom. The van der Waals surface area contributed by atoms with Gasteiger partial charge in [0.25, 0.3) is 5.91 Å². The largest absolute Gasteiger partial charge is 0.398 e. The van der Waals surface area contributed by atoms with Crippen molar-refractivity contribution in [3.63, 3.8) is 0 Å². The van der Waals surface area contributed by atoms with Crippen molar-refractivity contribution in [3.05, 3.63) is 29.3 Å². The first-order valence-corrected chi connectivity index (χ1v) is 4.54. The molecule has 0 radical (unpaired) electrons. The normalized spacial score (nSPS) is 14.1. The molecule has 1 aromatic rings. The molecule has 2 rings (SSSR count). The molecule has 78 valence electrons. The van der Waals surface area contributed by atoms with E-state index in [1.165, 1.54) is 4.90 Å². The monoisotopic (exact) mass is 205 g/mol. The van der Waals surface area contributed by atoms with Crippen LogP contribution < -0.4 is 11.5 Å². The number of primary amides is 1. The molecule has 1 aliphatic heterocycles. The van der Waals surface area contributed by atoms with Crippen molar-refractivity contribution in [3.8, 4) is 0 Å². The molecule has 0 atom stereocenters. The second-order valence-electron chi connectivity index (χ2n) is 3.51. The lowest BCUT2D eigenvalue weighted by molar-refractivity contribution is -0.118. The van der Waals surface area contributed by atoms with E-state index >= 15 is 0 Å². The zero-order chi connectivity index (χ0) is 11.0. The van der Waals surface area contributed by atoms with E-state index < -0.39 is 5.91 Å². The first kappa shape index (κ1) is 9.51. The summed E-state index contributed by atoms with van der Waals surface area (Å²) in [7, 11) is 0. The van der Waals surface area contributed by atoms with E-state index in [-0.39, 0.29) is 12.5 Å².